The maximum atomic E-state index is 12.1. The lowest BCUT2D eigenvalue weighted by atomic mass is 9.88. The monoisotopic (exact) mass is 238 g/mol. The summed E-state index contributed by atoms with van der Waals surface area (Å²) in [4.78, 5) is 13.9. The number of ether oxygens (including phenoxy) is 1. The van der Waals surface area contributed by atoms with E-state index in [1.165, 1.54) is 6.20 Å². The van der Waals surface area contributed by atoms with Crippen LogP contribution in [0.25, 0.3) is 0 Å². The molecule has 0 radical (unpaired) electrons. The van der Waals surface area contributed by atoms with Gasteiger partial charge in [0.2, 0.25) is 0 Å². The van der Waals surface area contributed by atoms with Gasteiger partial charge in [0.1, 0.15) is 0 Å². The summed E-state index contributed by atoms with van der Waals surface area (Å²) in [5.41, 5.74) is 0.391. The van der Waals surface area contributed by atoms with Crippen molar-refractivity contribution in [2.75, 3.05) is 19.7 Å². The molecule has 0 spiro atoms. The molecule has 94 valence electrons. The van der Waals surface area contributed by atoms with Gasteiger partial charge in [-0.3, -0.25) is 4.79 Å². The van der Waals surface area contributed by atoms with Gasteiger partial charge in [0.15, 0.2) is 5.69 Å². The van der Waals surface area contributed by atoms with Gasteiger partial charge in [-0.25, -0.2) is 0 Å². The first kappa shape index (κ1) is 12.0. The lowest BCUT2D eigenvalue weighted by molar-refractivity contribution is -0.0707. The van der Waals surface area contributed by atoms with E-state index in [0.29, 0.717) is 25.4 Å². The molecule has 1 aromatic heterocycles. The summed E-state index contributed by atoms with van der Waals surface area (Å²) < 4.78 is 5.70. The number of morpholine rings is 1. The van der Waals surface area contributed by atoms with E-state index in [2.05, 4.69) is 36.2 Å². The van der Waals surface area contributed by atoms with Gasteiger partial charge in [-0.1, -0.05) is 20.8 Å². The van der Waals surface area contributed by atoms with Crippen LogP contribution in [0.5, 0.6) is 0 Å². The van der Waals surface area contributed by atoms with Gasteiger partial charge in [0, 0.05) is 13.1 Å². The maximum absolute atomic E-state index is 12.1. The average Bonchev–Trinajstić information content (AvgIpc) is 2.80. The Morgan fingerprint density at radius 1 is 1.59 bits per heavy atom. The number of aromatic nitrogens is 3. The number of rotatable bonds is 1. The molecule has 0 aliphatic carbocycles. The van der Waals surface area contributed by atoms with Crippen LogP contribution in [0.2, 0.25) is 0 Å². The Bertz CT molecular complexity index is 383. The minimum atomic E-state index is -0.0868. The van der Waals surface area contributed by atoms with Crippen molar-refractivity contribution in [3.63, 3.8) is 0 Å². The Morgan fingerprint density at radius 3 is 2.94 bits per heavy atom. The summed E-state index contributed by atoms with van der Waals surface area (Å²) in [7, 11) is 0. The molecule has 6 nitrogen and oxygen atoms in total. The van der Waals surface area contributed by atoms with Crippen LogP contribution in [0, 0.1) is 5.41 Å². The third-order valence-corrected chi connectivity index (χ3v) is 2.95. The fourth-order valence-corrected chi connectivity index (χ4v) is 1.82. The van der Waals surface area contributed by atoms with E-state index in [-0.39, 0.29) is 17.4 Å². The van der Waals surface area contributed by atoms with Gasteiger partial charge < -0.3 is 9.64 Å². The van der Waals surface area contributed by atoms with E-state index in [4.69, 9.17) is 4.74 Å². The molecule has 0 saturated carbocycles. The van der Waals surface area contributed by atoms with E-state index in [1.54, 1.807) is 4.90 Å². The molecule has 2 heterocycles. The van der Waals surface area contributed by atoms with Crippen molar-refractivity contribution in [2.45, 2.75) is 26.9 Å². The molecule has 0 unspecified atom stereocenters. The highest BCUT2D eigenvalue weighted by molar-refractivity contribution is 5.91. The number of carbonyl (C=O) groups is 1. The van der Waals surface area contributed by atoms with Crippen LogP contribution in [0.15, 0.2) is 6.20 Å². The quantitative estimate of drug-likeness (QED) is 0.781. The smallest absolute Gasteiger partial charge is 0.276 e. The molecule has 1 aliphatic rings. The molecule has 1 fully saturated rings. The first-order chi connectivity index (χ1) is 7.98. The molecule has 1 atom stereocenters. The summed E-state index contributed by atoms with van der Waals surface area (Å²) in [5.74, 6) is -0.0868. The molecule has 1 saturated heterocycles. The Kier molecular flexibility index (Phi) is 3.15. The van der Waals surface area contributed by atoms with Gasteiger partial charge in [-0.15, -0.1) is 0 Å². The third-order valence-electron chi connectivity index (χ3n) is 2.95. The van der Waals surface area contributed by atoms with Crippen molar-refractivity contribution in [1.82, 2.24) is 20.3 Å². The zero-order valence-electron chi connectivity index (χ0n) is 10.4. The predicted octanol–water partition coefficient (Wildman–Crippen LogP) is 0.692. The van der Waals surface area contributed by atoms with E-state index in [9.17, 15) is 4.79 Å². The van der Waals surface area contributed by atoms with Crippen LogP contribution in [-0.4, -0.2) is 52.0 Å². The molecule has 17 heavy (non-hydrogen) atoms. The largest absolute Gasteiger partial charge is 0.374 e. The Hall–Kier alpha value is -1.43. The summed E-state index contributed by atoms with van der Waals surface area (Å²) >= 11 is 0. The highest BCUT2D eigenvalue weighted by atomic mass is 16.5. The van der Waals surface area contributed by atoms with Gasteiger partial charge in [0.25, 0.3) is 5.91 Å². The lowest BCUT2D eigenvalue weighted by Crippen LogP contribution is -2.50. The SMILES string of the molecule is CC(C)(C)[C@@H]1CN(C(=O)c2cn[nH]n2)CCO1. The number of amides is 1. The lowest BCUT2D eigenvalue weighted by Gasteiger charge is -2.39. The van der Waals surface area contributed by atoms with Crippen LogP contribution in [0.3, 0.4) is 0 Å². The van der Waals surface area contributed by atoms with Crippen molar-refractivity contribution >= 4 is 5.91 Å². The number of aromatic amines is 1. The summed E-state index contributed by atoms with van der Waals surface area (Å²) in [6, 6.07) is 0. The number of H-pyrrole nitrogens is 1. The highest BCUT2D eigenvalue weighted by Crippen LogP contribution is 2.25. The predicted molar refractivity (Wildman–Crippen MR) is 61.5 cm³/mol. The van der Waals surface area contributed by atoms with Crippen LogP contribution in [-0.2, 0) is 4.74 Å². The van der Waals surface area contributed by atoms with E-state index < -0.39 is 0 Å². The second kappa shape index (κ2) is 4.44. The molecule has 0 aromatic carbocycles. The van der Waals surface area contributed by atoms with Crippen LogP contribution >= 0.6 is 0 Å². The normalized spacial score (nSPS) is 21.6. The average molecular weight is 238 g/mol. The van der Waals surface area contributed by atoms with Crippen molar-refractivity contribution < 1.29 is 9.53 Å². The van der Waals surface area contributed by atoms with Crippen molar-refractivity contribution in [2.24, 2.45) is 5.41 Å². The first-order valence-corrected chi connectivity index (χ1v) is 5.75. The molecular formula is C11H18N4O2. The minimum absolute atomic E-state index is 0.0305. The summed E-state index contributed by atoms with van der Waals surface area (Å²) in [5, 5.41) is 9.91. The van der Waals surface area contributed by atoms with Crippen LogP contribution < -0.4 is 0 Å². The van der Waals surface area contributed by atoms with E-state index in [1.807, 2.05) is 0 Å². The molecule has 1 aliphatic heterocycles. The molecule has 0 bridgehead atoms. The zero-order chi connectivity index (χ0) is 12.5. The maximum Gasteiger partial charge on any atom is 0.276 e. The molecule has 2 rings (SSSR count). The fourth-order valence-electron chi connectivity index (χ4n) is 1.82. The molecular weight excluding hydrogens is 220 g/mol. The van der Waals surface area contributed by atoms with E-state index in [0.717, 1.165) is 0 Å². The first-order valence-electron chi connectivity index (χ1n) is 5.75. The third kappa shape index (κ3) is 2.63. The van der Waals surface area contributed by atoms with Gasteiger partial charge in [-0.2, -0.15) is 15.4 Å². The van der Waals surface area contributed by atoms with Gasteiger partial charge in [0.05, 0.1) is 18.9 Å². The van der Waals surface area contributed by atoms with E-state index >= 15 is 0 Å². The van der Waals surface area contributed by atoms with Crippen LogP contribution in [0.1, 0.15) is 31.3 Å². The summed E-state index contributed by atoms with van der Waals surface area (Å²) in [6.45, 7) is 8.13. The summed E-state index contributed by atoms with van der Waals surface area (Å²) in [6.07, 6.45) is 1.51. The molecule has 6 heteroatoms. The second-order valence-corrected chi connectivity index (χ2v) is 5.33. The number of carbonyl (C=O) groups excluding carboxylic acids is 1. The van der Waals surface area contributed by atoms with Crippen molar-refractivity contribution in [3.05, 3.63) is 11.9 Å². The molecule has 1 amide bonds. The van der Waals surface area contributed by atoms with Crippen LogP contribution in [0.4, 0.5) is 0 Å². The number of hydrogen-bond donors (Lipinski definition) is 1. The topological polar surface area (TPSA) is 71.1 Å². The Morgan fingerprint density at radius 2 is 2.35 bits per heavy atom. The number of nitrogens with zero attached hydrogens (tertiary/aromatic N) is 3. The van der Waals surface area contributed by atoms with Gasteiger partial charge >= 0.3 is 0 Å². The van der Waals surface area contributed by atoms with Crippen molar-refractivity contribution in [1.29, 1.82) is 0 Å². The molecule has 1 aromatic rings. The van der Waals surface area contributed by atoms with Crippen molar-refractivity contribution in [3.8, 4) is 0 Å². The minimum Gasteiger partial charge on any atom is -0.374 e. The Labute approximate surface area is 100 Å². The highest BCUT2D eigenvalue weighted by Gasteiger charge is 2.33. The fraction of sp³-hybridized carbons (Fsp3) is 0.727. The number of nitrogens with one attached hydrogen (secondary N) is 1. The van der Waals surface area contributed by atoms with Gasteiger partial charge in [-0.05, 0) is 5.41 Å². The molecule has 1 N–H and O–H groups in total. The zero-order valence-corrected chi connectivity index (χ0v) is 10.4. The number of hydrogen-bond acceptors (Lipinski definition) is 4. The standard InChI is InChI=1S/C11H18N4O2/c1-11(2,3)9-7-15(4-5-17-9)10(16)8-6-12-14-13-8/h6,9H,4-5,7H2,1-3H3,(H,12,13,14)/t9-/m0/s1. The second-order valence-electron chi connectivity index (χ2n) is 5.33. The Balaban J connectivity index is 2.05.